The van der Waals surface area contributed by atoms with E-state index in [1.807, 2.05) is 30.3 Å². The summed E-state index contributed by atoms with van der Waals surface area (Å²) in [7, 11) is 0. The van der Waals surface area contributed by atoms with Crippen molar-refractivity contribution in [2.45, 2.75) is 6.42 Å². The van der Waals surface area contributed by atoms with E-state index in [1.54, 1.807) is 12.3 Å². The second-order valence-corrected chi connectivity index (χ2v) is 4.15. The molecule has 4 heteroatoms. The van der Waals surface area contributed by atoms with Crippen molar-refractivity contribution in [1.29, 1.82) is 0 Å². The molecular weight excluding hydrogens is 228 g/mol. The van der Waals surface area contributed by atoms with Gasteiger partial charge in [0.15, 0.2) is 0 Å². The maximum Gasteiger partial charge on any atom is 0.254 e. The van der Waals surface area contributed by atoms with E-state index in [2.05, 4.69) is 10.3 Å². The first-order chi connectivity index (χ1) is 8.74. The maximum atomic E-state index is 11.5. The van der Waals surface area contributed by atoms with Gasteiger partial charge in [-0.05, 0) is 12.1 Å². The molecule has 2 amide bonds. The maximum absolute atomic E-state index is 11.5. The average Bonchev–Trinajstić information content (AvgIpc) is 2.68. The molecule has 2 heterocycles. The second-order valence-electron chi connectivity index (χ2n) is 4.15. The van der Waals surface area contributed by atoms with Gasteiger partial charge in [0.05, 0.1) is 11.9 Å². The Morgan fingerprint density at radius 2 is 2.00 bits per heavy atom. The molecule has 1 N–H and O–H groups in total. The predicted molar refractivity (Wildman–Crippen MR) is 67.5 cm³/mol. The van der Waals surface area contributed by atoms with Gasteiger partial charge in [-0.1, -0.05) is 24.3 Å². The zero-order chi connectivity index (χ0) is 12.5. The average molecular weight is 238 g/mol. The van der Waals surface area contributed by atoms with Crippen LogP contribution in [0.2, 0.25) is 0 Å². The molecule has 1 aliphatic heterocycles. The number of hydrogen-bond donors (Lipinski definition) is 1. The van der Waals surface area contributed by atoms with Crippen LogP contribution >= 0.6 is 0 Å². The van der Waals surface area contributed by atoms with Crippen molar-refractivity contribution in [2.24, 2.45) is 0 Å². The molecule has 2 aromatic rings. The lowest BCUT2D eigenvalue weighted by Gasteiger charge is -2.01. The molecule has 0 spiro atoms. The predicted octanol–water partition coefficient (Wildman–Crippen LogP) is 1.66. The molecule has 0 saturated carbocycles. The van der Waals surface area contributed by atoms with Gasteiger partial charge in [-0.25, -0.2) is 0 Å². The third-order valence-electron chi connectivity index (χ3n) is 2.89. The van der Waals surface area contributed by atoms with Gasteiger partial charge < -0.3 is 0 Å². The van der Waals surface area contributed by atoms with Crippen molar-refractivity contribution in [3.63, 3.8) is 0 Å². The molecule has 1 fully saturated rings. The van der Waals surface area contributed by atoms with E-state index in [1.165, 1.54) is 0 Å². The first-order valence-corrected chi connectivity index (χ1v) is 5.62. The molecule has 0 unspecified atom stereocenters. The minimum absolute atomic E-state index is 0.141. The van der Waals surface area contributed by atoms with E-state index in [4.69, 9.17) is 0 Å². The zero-order valence-electron chi connectivity index (χ0n) is 9.51. The van der Waals surface area contributed by atoms with Crippen molar-refractivity contribution in [3.05, 3.63) is 47.7 Å². The van der Waals surface area contributed by atoms with Crippen LogP contribution < -0.4 is 5.32 Å². The summed E-state index contributed by atoms with van der Waals surface area (Å²) in [6.07, 6.45) is 3.59. The van der Waals surface area contributed by atoms with Gasteiger partial charge in [-0.2, -0.15) is 0 Å². The highest BCUT2D eigenvalue weighted by atomic mass is 16.2. The quantitative estimate of drug-likeness (QED) is 0.607. The lowest BCUT2D eigenvalue weighted by molar-refractivity contribution is -0.124. The molecule has 0 bridgehead atoms. The summed E-state index contributed by atoms with van der Waals surface area (Å²) >= 11 is 0. The van der Waals surface area contributed by atoms with Crippen molar-refractivity contribution < 1.29 is 9.59 Å². The van der Waals surface area contributed by atoms with Crippen molar-refractivity contribution >= 4 is 28.8 Å². The number of pyridine rings is 1. The summed E-state index contributed by atoms with van der Waals surface area (Å²) in [4.78, 5) is 26.9. The molecule has 3 rings (SSSR count). The van der Waals surface area contributed by atoms with Crippen LogP contribution in [0, 0.1) is 0 Å². The fourth-order valence-corrected chi connectivity index (χ4v) is 2.05. The van der Waals surface area contributed by atoms with Gasteiger partial charge in [0.1, 0.15) is 0 Å². The summed E-state index contributed by atoms with van der Waals surface area (Å²) in [5, 5.41) is 3.28. The fourth-order valence-electron chi connectivity index (χ4n) is 2.05. The Morgan fingerprint density at radius 1 is 1.17 bits per heavy atom. The number of benzene rings is 1. The van der Waals surface area contributed by atoms with Crippen LogP contribution in [-0.2, 0) is 9.59 Å². The number of nitrogens with zero attached hydrogens (tertiary/aromatic N) is 1. The van der Waals surface area contributed by atoms with Crippen LogP contribution in [0.4, 0.5) is 0 Å². The lowest BCUT2D eigenvalue weighted by Crippen LogP contribution is -2.19. The SMILES string of the molecule is O=C1C/C(=C\c2cccc3cccnc23)C(=O)N1. The number of imide groups is 1. The van der Waals surface area contributed by atoms with Gasteiger partial charge in [-0.15, -0.1) is 0 Å². The van der Waals surface area contributed by atoms with Crippen LogP contribution in [0.15, 0.2) is 42.1 Å². The number of amides is 2. The minimum Gasteiger partial charge on any atom is -0.292 e. The smallest absolute Gasteiger partial charge is 0.254 e. The molecule has 4 nitrogen and oxygen atoms in total. The minimum atomic E-state index is -0.312. The Morgan fingerprint density at radius 3 is 2.78 bits per heavy atom. The van der Waals surface area contributed by atoms with E-state index >= 15 is 0 Å². The van der Waals surface area contributed by atoms with E-state index in [9.17, 15) is 9.59 Å². The Balaban J connectivity index is 2.13. The van der Waals surface area contributed by atoms with E-state index in [0.717, 1.165) is 16.5 Å². The van der Waals surface area contributed by atoms with Crippen LogP contribution in [0.3, 0.4) is 0 Å². The second kappa shape index (κ2) is 4.07. The van der Waals surface area contributed by atoms with Crippen molar-refractivity contribution in [2.75, 3.05) is 0 Å². The number of rotatable bonds is 1. The van der Waals surface area contributed by atoms with E-state index in [0.29, 0.717) is 5.57 Å². The highest BCUT2D eigenvalue weighted by Crippen LogP contribution is 2.21. The number of aromatic nitrogens is 1. The van der Waals surface area contributed by atoms with Gasteiger partial charge in [-0.3, -0.25) is 19.9 Å². The van der Waals surface area contributed by atoms with Gasteiger partial charge >= 0.3 is 0 Å². The van der Waals surface area contributed by atoms with Gasteiger partial charge in [0, 0.05) is 22.7 Å². The lowest BCUT2D eigenvalue weighted by atomic mass is 10.1. The Bertz CT molecular complexity index is 684. The summed E-state index contributed by atoms with van der Waals surface area (Å²) in [6, 6.07) is 9.59. The summed E-state index contributed by atoms with van der Waals surface area (Å²) in [5.74, 6) is -0.563. The van der Waals surface area contributed by atoms with Crippen LogP contribution in [0.5, 0.6) is 0 Å². The largest absolute Gasteiger partial charge is 0.292 e. The standard InChI is InChI=1S/C14H10N2O2/c17-12-8-11(14(18)16-12)7-10-4-1-3-9-5-2-6-15-13(9)10/h1-7H,8H2,(H,16,17,18)/b11-7+. The number of carbonyl (C=O) groups excluding carboxylic acids is 2. The fraction of sp³-hybridized carbons (Fsp3) is 0.0714. The van der Waals surface area contributed by atoms with Gasteiger partial charge in [0.2, 0.25) is 5.91 Å². The number of nitrogens with one attached hydrogen (secondary N) is 1. The monoisotopic (exact) mass is 238 g/mol. The molecule has 0 atom stereocenters. The third-order valence-corrected chi connectivity index (χ3v) is 2.89. The Labute approximate surface area is 103 Å². The number of hydrogen-bond acceptors (Lipinski definition) is 3. The van der Waals surface area contributed by atoms with Crippen molar-refractivity contribution in [1.82, 2.24) is 10.3 Å². The number of carbonyl (C=O) groups is 2. The molecule has 0 aliphatic carbocycles. The highest BCUT2D eigenvalue weighted by molar-refractivity contribution is 6.16. The molecule has 1 saturated heterocycles. The Kier molecular flexibility index (Phi) is 2.41. The summed E-state index contributed by atoms with van der Waals surface area (Å²) in [6.45, 7) is 0. The molecule has 1 aromatic carbocycles. The molecule has 1 aromatic heterocycles. The summed E-state index contributed by atoms with van der Waals surface area (Å²) in [5.41, 5.74) is 2.17. The highest BCUT2D eigenvalue weighted by Gasteiger charge is 2.23. The first-order valence-electron chi connectivity index (χ1n) is 5.62. The molecule has 0 radical (unpaired) electrons. The molecule has 18 heavy (non-hydrogen) atoms. The summed E-state index contributed by atoms with van der Waals surface area (Å²) < 4.78 is 0. The van der Waals surface area contributed by atoms with Crippen molar-refractivity contribution in [3.8, 4) is 0 Å². The van der Waals surface area contributed by atoms with E-state index in [-0.39, 0.29) is 18.2 Å². The van der Waals surface area contributed by atoms with Gasteiger partial charge in [0.25, 0.3) is 5.91 Å². The molecule has 88 valence electrons. The van der Waals surface area contributed by atoms with Crippen LogP contribution in [0.1, 0.15) is 12.0 Å². The molecule has 1 aliphatic rings. The number of para-hydroxylation sites is 1. The van der Waals surface area contributed by atoms with Crippen LogP contribution in [0.25, 0.3) is 17.0 Å². The number of fused-ring (bicyclic) bond motifs is 1. The van der Waals surface area contributed by atoms with Crippen LogP contribution in [-0.4, -0.2) is 16.8 Å². The topological polar surface area (TPSA) is 59.1 Å². The third kappa shape index (κ3) is 1.78. The first kappa shape index (κ1) is 10.7. The molecular formula is C14H10N2O2. The van der Waals surface area contributed by atoms with E-state index < -0.39 is 0 Å². The Hall–Kier alpha value is -2.49. The zero-order valence-corrected chi connectivity index (χ0v) is 9.51. The normalized spacial score (nSPS) is 17.4.